The predicted molar refractivity (Wildman–Crippen MR) is 131 cm³/mol. The smallest absolute Gasteiger partial charge is 0.232 e. The molecule has 0 fully saturated rings. The van der Waals surface area contributed by atoms with E-state index in [1.54, 1.807) is 4.90 Å². The molecule has 1 aliphatic heterocycles. The third-order valence-corrected chi connectivity index (χ3v) is 6.19. The van der Waals surface area contributed by atoms with Crippen molar-refractivity contribution in [2.45, 2.75) is 60.4 Å². The van der Waals surface area contributed by atoms with Crippen molar-refractivity contribution < 1.29 is 9.53 Å². The summed E-state index contributed by atoms with van der Waals surface area (Å²) in [5, 5.41) is 0. The first kappa shape index (κ1) is 22.4. The first-order valence-corrected chi connectivity index (χ1v) is 11.7. The molecule has 2 aromatic carbocycles. The van der Waals surface area contributed by atoms with Crippen LogP contribution in [0.3, 0.4) is 0 Å². The zero-order chi connectivity index (χ0) is 23.0. The number of nitrogens with zero attached hydrogens (tertiary/aromatic N) is 3. The Bertz CT molecular complexity index is 1140. The Balaban J connectivity index is 1.70. The van der Waals surface area contributed by atoms with Gasteiger partial charge in [0.25, 0.3) is 0 Å². The van der Waals surface area contributed by atoms with Gasteiger partial charge in [-0.3, -0.25) is 4.79 Å². The number of carbonyl (C=O) groups is 1. The van der Waals surface area contributed by atoms with Gasteiger partial charge in [-0.1, -0.05) is 46.8 Å². The van der Waals surface area contributed by atoms with Crippen molar-refractivity contribution in [1.82, 2.24) is 9.55 Å². The van der Waals surface area contributed by atoms with Crippen LogP contribution in [0.25, 0.3) is 11.0 Å². The molecule has 0 aliphatic carbocycles. The lowest BCUT2D eigenvalue weighted by atomic mass is 9.94. The molecule has 3 aromatic rings. The number of hydrogen-bond donors (Lipinski definition) is 0. The van der Waals surface area contributed by atoms with E-state index in [2.05, 4.69) is 42.7 Å². The molecule has 4 rings (SSSR count). The van der Waals surface area contributed by atoms with Crippen molar-refractivity contribution in [3.63, 3.8) is 0 Å². The number of carbonyl (C=O) groups excluding carboxylic acids is 1. The van der Waals surface area contributed by atoms with Crippen molar-refractivity contribution >= 4 is 22.6 Å². The van der Waals surface area contributed by atoms with Crippen LogP contribution >= 0.6 is 0 Å². The number of rotatable bonds is 6. The zero-order valence-electron chi connectivity index (χ0n) is 20.2. The van der Waals surface area contributed by atoms with Gasteiger partial charge in [0.05, 0.1) is 17.6 Å². The number of imidazole rings is 1. The van der Waals surface area contributed by atoms with Crippen LogP contribution in [0.2, 0.25) is 0 Å². The number of amides is 1. The molecule has 5 heteroatoms. The van der Waals surface area contributed by atoms with Crippen molar-refractivity contribution in [2.24, 2.45) is 11.3 Å². The van der Waals surface area contributed by atoms with Gasteiger partial charge in [-0.2, -0.15) is 0 Å². The molecule has 0 spiro atoms. The van der Waals surface area contributed by atoms with Crippen molar-refractivity contribution in [2.75, 3.05) is 18.6 Å². The lowest BCUT2D eigenvalue weighted by Gasteiger charge is -2.26. The fraction of sp³-hybridized carbons (Fsp3) is 0.481. The summed E-state index contributed by atoms with van der Waals surface area (Å²) in [6, 6.07) is 12.7. The van der Waals surface area contributed by atoms with Crippen molar-refractivity contribution in [3.05, 3.63) is 53.3 Å². The monoisotopic (exact) mass is 433 g/mol. The maximum Gasteiger partial charge on any atom is 0.232 e. The minimum Gasteiger partial charge on any atom is -0.493 e. The Kier molecular flexibility index (Phi) is 6.02. The van der Waals surface area contributed by atoms with Crippen LogP contribution in [-0.4, -0.2) is 29.1 Å². The van der Waals surface area contributed by atoms with E-state index in [1.807, 2.05) is 40.0 Å². The van der Waals surface area contributed by atoms with Gasteiger partial charge in [0.15, 0.2) is 0 Å². The molecule has 0 bridgehead atoms. The number of aryl methyl sites for hydroxylation is 1. The molecule has 1 amide bonds. The molecule has 170 valence electrons. The van der Waals surface area contributed by atoms with Crippen LogP contribution in [-0.2, 0) is 24.2 Å². The van der Waals surface area contributed by atoms with Gasteiger partial charge in [-0.15, -0.1) is 0 Å². The number of fused-ring (bicyclic) bond motifs is 2. The Labute approximate surface area is 191 Å². The summed E-state index contributed by atoms with van der Waals surface area (Å²) < 4.78 is 8.02. The largest absolute Gasteiger partial charge is 0.493 e. The predicted octanol–water partition coefficient (Wildman–Crippen LogP) is 5.62. The molecule has 0 N–H and O–H groups in total. The minimum atomic E-state index is -0.428. The van der Waals surface area contributed by atoms with Crippen LogP contribution < -0.4 is 9.64 Å². The van der Waals surface area contributed by atoms with Gasteiger partial charge < -0.3 is 14.2 Å². The number of aromatic nitrogens is 2. The van der Waals surface area contributed by atoms with Crippen LogP contribution in [0.15, 0.2) is 36.4 Å². The fourth-order valence-corrected chi connectivity index (χ4v) is 4.30. The summed E-state index contributed by atoms with van der Waals surface area (Å²) in [7, 11) is 1.85. The SMILES string of the molecule is CC(C)CCn1c(Cc2ccc3c(c2)CCO3)nc2cc(N(C)C(=O)C(C)(C)C)ccc21. The van der Waals surface area contributed by atoms with Crippen molar-refractivity contribution in [1.29, 1.82) is 0 Å². The van der Waals surface area contributed by atoms with E-state index < -0.39 is 5.41 Å². The number of ether oxygens (including phenoxy) is 1. The molecule has 0 saturated carbocycles. The molecular formula is C27H35N3O2. The minimum absolute atomic E-state index is 0.0941. The summed E-state index contributed by atoms with van der Waals surface area (Å²) in [6.45, 7) is 12.1. The van der Waals surface area contributed by atoms with Crippen LogP contribution in [0.1, 0.15) is 58.0 Å². The summed E-state index contributed by atoms with van der Waals surface area (Å²) in [4.78, 5) is 19.6. The number of benzene rings is 2. The lowest BCUT2D eigenvalue weighted by Crippen LogP contribution is -2.36. The molecule has 2 heterocycles. The fourth-order valence-electron chi connectivity index (χ4n) is 4.30. The van der Waals surface area contributed by atoms with Crippen LogP contribution in [0.4, 0.5) is 5.69 Å². The topological polar surface area (TPSA) is 47.4 Å². The highest BCUT2D eigenvalue weighted by atomic mass is 16.5. The maximum atomic E-state index is 12.8. The van der Waals surface area contributed by atoms with Gasteiger partial charge in [-0.25, -0.2) is 4.98 Å². The van der Waals surface area contributed by atoms with Crippen LogP contribution in [0, 0.1) is 11.3 Å². The normalized spacial score (nSPS) is 13.5. The van der Waals surface area contributed by atoms with E-state index in [4.69, 9.17) is 9.72 Å². The number of hydrogen-bond acceptors (Lipinski definition) is 3. The standard InChI is InChI=1S/C27H35N3O2/c1-18(2)11-13-30-23-9-8-21(29(6)26(31)27(3,4)5)17-22(23)28-25(30)16-19-7-10-24-20(15-19)12-14-32-24/h7-10,15,17-18H,11-14,16H2,1-6H3. The molecule has 0 unspecified atom stereocenters. The molecule has 0 atom stereocenters. The maximum absolute atomic E-state index is 12.8. The van der Waals surface area contributed by atoms with E-state index >= 15 is 0 Å². The van der Waals surface area contributed by atoms with E-state index in [0.29, 0.717) is 5.92 Å². The molecule has 32 heavy (non-hydrogen) atoms. The van der Waals surface area contributed by atoms with Crippen LogP contribution in [0.5, 0.6) is 5.75 Å². The molecule has 1 aliphatic rings. The lowest BCUT2D eigenvalue weighted by molar-refractivity contribution is -0.125. The average molecular weight is 434 g/mol. The molecule has 1 aromatic heterocycles. The molecular weight excluding hydrogens is 398 g/mol. The second kappa shape index (κ2) is 8.61. The average Bonchev–Trinajstić information content (AvgIpc) is 3.33. The Hall–Kier alpha value is -2.82. The van der Waals surface area contributed by atoms with Gasteiger partial charge >= 0.3 is 0 Å². The first-order valence-electron chi connectivity index (χ1n) is 11.7. The highest BCUT2D eigenvalue weighted by molar-refractivity contribution is 5.98. The molecule has 0 saturated heterocycles. The quantitative estimate of drug-likeness (QED) is 0.507. The van der Waals surface area contributed by atoms with E-state index in [-0.39, 0.29) is 5.91 Å². The third-order valence-electron chi connectivity index (χ3n) is 6.19. The Morgan fingerprint density at radius 3 is 2.69 bits per heavy atom. The summed E-state index contributed by atoms with van der Waals surface area (Å²) in [5.41, 5.74) is 5.08. The van der Waals surface area contributed by atoms with Crippen molar-refractivity contribution in [3.8, 4) is 5.75 Å². The summed E-state index contributed by atoms with van der Waals surface area (Å²) in [5.74, 6) is 2.80. The zero-order valence-corrected chi connectivity index (χ0v) is 20.2. The Morgan fingerprint density at radius 2 is 1.97 bits per heavy atom. The van der Waals surface area contributed by atoms with Gasteiger partial charge in [0, 0.05) is 37.5 Å². The van der Waals surface area contributed by atoms with E-state index in [0.717, 1.165) is 60.7 Å². The van der Waals surface area contributed by atoms with E-state index in [1.165, 1.54) is 11.1 Å². The molecule has 0 radical (unpaired) electrons. The second-order valence-electron chi connectivity index (χ2n) is 10.4. The number of anilines is 1. The summed E-state index contributed by atoms with van der Waals surface area (Å²) >= 11 is 0. The Morgan fingerprint density at radius 1 is 1.19 bits per heavy atom. The van der Waals surface area contributed by atoms with Gasteiger partial charge in [-0.05, 0) is 47.7 Å². The van der Waals surface area contributed by atoms with Gasteiger partial charge in [0.1, 0.15) is 11.6 Å². The first-order chi connectivity index (χ1) is 15.1. The highest BCUT2D eigenvalue weighted by Crippen LogP contribution is 2.29. The van der Waals surface area contributed by atoms with E-state index in [9.17, 15) is 4.79 Å². The third kappa shape index (κ3) is 4.52. The summed E-state index contributed by atoms with van der Waals surface area (Å²) in [6.07, 6.45) is 2.86. The second-order valence-corrected chi connectivity index (χ2v) is 10.4. The highest BCUT2D eigenvalue weighted by Gasteiger charge is 2.26. The van der Waals surface area contributed by atoms with Gasteiger partial charge in [0.2, 0.25) is 5.91 Å². The molecule has 5 nitrogen and oxygen atoms in total.